The van der Waals surface area contributed by atoms with E-state index in [2.05, 4.69) is 93.7 Å². The third-order valence-corrected chi connectivity index (χ3v) is 11.9. The molecule has 1 atom stereocenters. The lowest BCUT2D eigenvalue weighted by Gasteiger charge is -2.18. The van der Waals surface area contributed by atoms with Gasteiger partial charge in [-0.2, -0.15) is 0 Å². The van der Waals surface area contributed by atoms with E-state index in [1.165, 1.54) is 128 Å². The monoisotopic (exact) mass is 921 g/mol. The second-order valence-electron chi connectivity index (χ2n) is 18.5. The Morgan fingerprint density at radius 2 is 0.606 bits per heavy atom. The molecular formula is C60H104O6. The standard InChI is InChI=1S/C60H104O6/c1-4-7-10-13-16-19-22-25-28-30-32-35-38-41-44-47-50-53-59(62)65-56-57(55-64-58(61)52-49-46-43-40-37-34-27-24-21-18-15-12-9-6-3)66-60(63)54-51-48-45-42-39-36-33-31-29-26-23-20-17-14-11-8-5-2/h7,10,15-16,18-19,24-29,57H,4-6,8-9,11-14,17,20-23,30-56H2,1-3H3/b10-7-,18-15-,19-16-,27-24-,28-25-,29-26-. The van der Waals surface area contributed by atoms with E-state index in [9.17, 15) is 14.4 Å². The highest BCUT2D eigenvalue weighted by atomic mass is 16.6. The lowest BCUT2D eigenvalue weighted by atomic mass is 10.1. The second kappa shape index (κ2) is 54.5. The fourth-order valence-corrected chi connectivity index (χ4v) is 7.70. The van der Waals surface area contributed by atoms with Gasteiger partial charge in [-0.25, -0.2) is 0 Å². The Kier molecular flexibility index (Phi) is 51.9. The van der Waals surface area contributed by atoms with Gasteiger partial charge < -0.3 is 14.2 Å². The minimum Gasteiger partial charge on any atom is -0.462 e. The highest BCUT2D eigenvalue weighted by Gasteiger charge is 2.19. The zero-order valence-electron chi connectivity index (χ0n) is 43.4. The Bertz CT molecular complexity index is 1240. The van der Waals surface area contributed by atoms with Gasteiger partial charge in [0.1, 0.15) is 13.2 Å². The predicted octanol–water partition coefficient (Wildman–Crippen LogP) is 18.6. The summed E-state index contributed by atoms with van der Waals surface area (Å²) in [5.74, 6) is -0.908. The molecule has 0 heterocycles. The first kappa shape index (κ1) is 62.8. The van der Waals surface area contributed by atoms with Gasteiger partial charge in [0.15, 0.2) is 6.10 Å². The molecule has 0 rings (SSSR count). The van der Waals surface area contributed by atoms with Gasteiger partial charge in [0.05, 0.1) is 0 Å². The molecule has 0 aliphatic rings. The fourth-order valence-electron chi connectivity index (χ4n) is 7.70. The topological polar surface area (TPSA) is 78.9 Å². The molecule has 0 saturated carbocycles. The Labute approximate surface area is 408 Å². The zero-order chi connectivity index (χ0) is 47.9. The number of carbonyl (C=O) groups excluding carboxylic acids is 3. The molecule has 6 heteroatoms. The molecule has 66 heavy (non-hydrogen) atoms. The first-order valence-corrected chi connectivity index (χ1v) is 27.9. The van der Waals surface area contributed by atoms with E-state index < -0.39 is 6.10 Å². The number of rotatable bonds is 50. The van der Waals surface area contributed by atoms with Gasteiger partial charge in [0.2, 0.25) is 0 Å². The molecule has 0 amide bonds. The van der Waals surface area contributed by atoms with Crippen LogP contribution in [0.5, 0.6) is 0 Å². The van der Waals surface area contributed by atoms with Crippen molar-refractivity contribution >= 4 is 17.9 Å². The van der Waals surface area contributed by atoms with Crippen LogP contribution in [0.1, 0.15) is 271 Å². The summed E-state index contributed by atoms with van der Waals surface area (Å²) in [4.78, 5) is 38.1. The van der Waals surface area contributed by atoms with Crippen LogP contribution in [-0.2, 0) is 28.6 Å². The Balaban J connectivity index is 4.41. The molecule has 0 fully saturated rings. The Morgan fingerprint density at radius 1 is 0.318 bits per heavy atom. The fraction of sp³-hybridized carbons (Fsp3) is 0.750. The first-order chi connectivity index (χ1) is 32.5. The summed E-state index contributed by atoms with van der Waals surface area (Å²) in [6, 6.07) is 0. The average Bonchev–Trinajstić information content (AvgIpc) is 3.31. The van der Waals surface area contributed by atoms with E-state index in [1.807, 2.05) is 0 Å². The molecule has 0 aliphatic carbocycles. The first-order valence-electron chi connectivity index (χ1n) is 27.9. The molecule has 0 N–H and O–H groups in total. The Hall–Kier alpha value is -3.15. The van der Waals surface area contributed by atoms with Crippen molar-refractivity contribution in [1.82, 2.24) is 0 Å². The quantitative estimate of drug-likeness (QED) is 0.0262. The van der Waals surface area contributed by atoms with Crippen LogP contribution in [0.15, 0.2) is 72.9 Å². The highest BCUT2D eigenvalue weighted by Crippen LogP contribution is 2.15. The Morgan fingerprint density at radius 3 is 0.985 bits per heavy atom. The lowest BCUT2D eigenvalue weighted by molar-refractivity contribution is -0.167. The number of hydrogen-bond donors (Lipinski definition) is 0. The van der Waals surface area contributed by atoms with Gasteiger partial charge in [-0.1, -0.05) is 222 Å². The van der Waals surface area contributed by atoms with Crippen LogP contribution in [0.4, 0.5) is 0 Å². The van der Waals surface area contributed by atoms with Gasteiger partial charge in [-0.15, -0.1) is 0 Å². The normalized spacial score (nSPS) is 12.6. The summed E-state index contributed by atoms with van der Waals surface area (Å²) >= 11 is 0. The molecule has 1 unspecified atom stereocenters. The van der Waals surface area contributed by atoms with Crippen molar-refractivity contribution in [1.29, 1.82) is 0 Å². The molecule has 0 aromatic rings. The van der Waals surface area contributed by atoms with Crippen molar-refractivity contribution in [2.45, 2.75) is 277 Å². The van der Waals surface area contributed by atoms with Crippen molar-refractivity contribution in [3.63, 3.8) is 0 Å². The van der Waals surface area contributed by atoms with Crippen molar-refractivity contribution < 1.29 is 28.6 Å². The van der Waals surface area contributed by atoms with E-state index in [1.54, 1.807) is 0 Å². The predicted molar refractivity (Wildman–Crippen MR) is 284 cm³/mol. The summed E-state index contributed by atoms with van der Waals surface area (Å²) < 4.78 is 16.8. The largest absolute Gasteiger partial charge is 0.462 e. The van der Waals surface area contributed by atoms with E-state index in [4.69, 9.17) is 14.2 Å². The molecule has 6 nitrogen and oxygen atoms in total. The van der Waals surface area contributed by atoms with Crippen molar-refractivity contribution in [2.24, 2.45) is 0 Å². The van der Waals surface area contributed by atoms with Gasteiger partial charge in [0.25, 0.3) is 0 Å². The maximum atomic E-state index is 12.8. The van der Waals surface area contributed by atoms with Crippen LogP contribution in [0.2, 0.25) is 0 Å². The molecule has 0 aliphatic heterocycles. The summed E-state index contributed by atoms with van der Waals surface area (Å²) in [6.07, 6.45) is 68.8. The van der Waals surface area contributed by atoms with Crippen LogP contribution in [0.25, 0.3) is 0 Å². The van der Waals surface area contributed by atoms with E-state index in [0.29, 0.717) is 19.3 Å². The SMILES string of the molecule is CC/C=C\C/C=C\C/C=C\CCCCCCCCCC(=O)OCC(COC(=O)CCCCCCC/C=C\C/C=C\CCCC)OC(=O)CCCCCCCCC/C=C\CCCCCCCC. The molecule has 0 saturated heterocycles. The third-order valence-electron chi connectivity index (χ3n) is 11.9. The average molecular weight is 921 g/mol. The van der Waals surface area contributed by atoms with E-state index >= 15 is 0 Å². The van der Waals surface area contributed by atoms with Crippen molar-refractivity contribution in [3.05, 3.63) is 72.9 Å². The van der Waals surface area contributed by atoms with Gasteiger partial charge in [-0.3, -0.25) is 14.4 Å². The van der Waals surface area contributed by atoms with Crippen LogP contribution in [0, 0.1) is 0 Å². The minimum atomic E-state index is -0.788. The summed E-state index contributed by atoms with van der Waals surface area (Å²) in [5.41, 5.74) is 0. The number of unbranched alkanes of at least 4 members (excludes halogenated alkanes) is 27. The van der Waals surface area contributed by atoms with Crippen LogP contribution in [0.3, 0.4) is 0 Å². The van der Waals surface area contributed by atoms with Crippen molar-refractivity contribution in [2.75, 3.05) is 13.2 Å². The molecule has 0 radical (unpaired) electrons. The second-order valence-corrected chi connectivity index (χ2v) is 18.5. The maximum absolute atomic E-state index is 12.8. The number of ether oxygens (including phenoxy) is 3. The molecule has 380 valence electrons. The number of allylic oxidation sites excluding steroid dienone is 12. The highest BCUT2D eigenvalue weighted by molar-refractivity contribution is 5.71. The van der Waals surface area contributed by atoms with Crippen LogP contribution >= 0.6 is 0 Å². The zero-order valence-corrected chi connectivity index (χ0v) is 43.4. The summed E-state index contributed by atoms with van der Waals surface area (Å²) in [7, 11) is 0. The molecule has 0 aromatic carbocycles. The van der Waals surface area contributed by atoms with Crippen LogP contribution in [-0.4, -0.2) is 37.2 Å². The number of carbonyl (C=O) groups is 3. The minimum absolute atomic E-state index is 0.0866. The molecule has 0 spiro atoms. The van der Waals surface area contributed by atoms with Crippen molar-refractivity contribution in [3.8, 4) is 0 Å². The molecule has 0 aromatic heterocycles. The third kappa shape index (κ3) is 51.8. The lowest BCUT2D eigenvalue weighted by Crippen LogP contribution is -2.30. The number of esters is 3. The number of hydrogen-bond acceptors (Lipinski definition) is 6. The van der Waals surface area contributed by atoms with Crippen LogP contribution < -0.4 is 0 Å². The summed E-state index contributed by atoms with van der Waals surface area (Å²) in [6.45, 7) is 6.47. The smallest absolute Gasteiger partial charge is 0.306 e. The van der Waals surface area contributed by atoms with Gasteiger partial charge in [-0.05, 0) is 103 Å². The summed E-state index contributed by atoms with van der Waals surface area (Å²) in [5, 5.41) is 0. The molecular weight excluding hydrogens is 817 g/mol. The molecule has 0 bridgehead atoms. The maximum Gasteiger partial charge on any atom is 0.306 e. The van der Waals surface area contributed by atoms with E-state index in [0.717, 1.165) is 103 Å². The van der Waals surface area contributed by atoms with Gasteiger partial charge in [0, 0.05) is 19.3 Å². The van der Waals surface area contributed by atoms with E-state index in [-0.39, 0.29) is 31.1 Å². The van der Waals surface area contributed by atoms with Gasteiger partial charge >= 0.3 is 17.9 Å².